The summed E-state index contributed by atoms with van der Waals surface area (Å²) in [6, 6.07) is 6.53. The third kappa shape index (κ3) is 2.16. The number of aromatic nitrogens is 1. The van der Waals surface area contributed by atoms with Gasteiger partial charge in [-0.3, -0.25) is 0 Å². The molecular formula is C13H13Br2N. The number of rotatable bonds is 0. The minimum Gasteiger partial charge on any atom is -0.248 e. The summed E-state index contributed by atoms with van der Waals surface area (Å²) < 4.78 is 1.93. The van der Waals surface area contributed by atoms with Crippen molar-refractivity contribution < 1.29 is 0 Å². The lowest BCUT2D eigenvalue weighted by Gasteiger charge is -2.19. The molecule has 1 aromatic carbocycles. The van der Waals surface area contributed by atoms with Crippen molar-refractivity contribution in [3.05, 3.63) is 39.0 Å². The molecule has 1 nitrogen and oxygen atoms in total. The zero-order valence-corrected chi connectivity index (χ0v) is 12.7. The van der Waals surface area contributed by atoms with Crippen molar-refractivity contribution >= 4 is 42.6 Å². The smallest absolute Gasteiger partial charge is 0.113 e. The first-order valence-corrected chi connectivity index (χ1v) is 6.72. The van der Waals surface area contributed by atoms with E-state index in [0.29, 0.717) is 0 Å². The molecule has 84 valence electrons. The van der Waals surface area contributed by atoms with Crippen LogP contribution in [0, 0.1) is 0 Å². The summed E-state index contributed by atoms with van der Waals surface area (Å²) in [7, 11) is 0. The van der Waals surface area contributed by atoms with Gasteiger partial charge in [-0.1, -0.05) is 32.9 Å². The molecule has 0 atom stereocenters. The fraction of sp³-hybridized carbons (Fsp3) is 0.308. The largest absolute Gasteiger partial charge is 0.248 e. The van der Waals surface area contributed by atoms with E-state index in [1.54, 1.807) is 0 Å². The van der Waals surface area contributed by atoms with Crippen LogP contribution in [0.4, 0.5) is 0 Å². The summed E-state index contributed by atoms with van der Waals surface area (Å²) >= 11 is 7.02. The van der Waals surface area contributed by atoms with E-state index in [1.807, 2.05) is 6.20 Å². The van der Waals surface area contributed by atoms with Crippen LogP contribution in [-0.4, -0.2) is 4.98 Å². The van der Waals surface area contributed by atoms with Crippen molar-refractivity contribution in [1.29, 1.82) is 0 Å². The highest BCUT2D eigenvalue weighted by atomic mass is 79.9. The molecule has 1 aromatic heterocycles. The zero-order valence-electron chi connectivity index (χ0n) is 9.51. The maximum absolute atomic E-state index is 4.30. The molecule has 2 aromatic rings. The van der Waals surface area contributed by atoms with Crippen molar-refractivity contribution in [1.82, 2.24) is 4.98 Å². The van der Waals surface area contributed by atoms with Crippen LogP contribution in [0.2, 0.25) is 0 Å². The number of hydrogen-bond acceptors (Lipinski definition) is 1. The lowest BCUT2D eigenvalue weighted by molar-refractivity contribution is 0.591. The highest BCUT2D eigenvalue weighted by molar-refractivity contribution is 9.11. The first-order valence-electron chi connectivity index (χ1n) is 5.14. The van der Waals surface area contributed by atoms with Gasteiger partial charge < -0.3 is 0 Å². The van der Waals surface area contributed by atoms with Crippen LogP contribution in [-0.2, 0) is 5.41 Å². The predicted octanol–water partition coefficient (Wildman–Crippen LogP) is 5.06. The Labute approximate surface area is 113 Å². The van der Waals surface area contributed by atoms with Crippen molar-refractivity contribution in [3.63, 3.8) is 0 Å². The van der Waals surface area contributed by atoms with Gasteiger partial charge in [-0.05, 0) is 48.9 Å². The predicted molar refractivity (Wildman–Crippen MR) is 75.8 cm³/mol. The number of pyridine rings is 1. The average Bonchev–Trinajstić information content (AvgIpc) is 2.22. The quantitative estimate of drug-likeness (QED) is 0.610. The van der Waals surface area contributed by atoms with Gasteiger partial charge in [0.05, 0.1) is 0 Å². The number of fused-ring (bicyclic) bond motifs is 1. The first-order chi connectivity index (χ1) is 7.39. The van der Waals surface area contributed by atoms with Crippen LogP contribution in [0.1, 0.15) is 26.3 Å². The van der Waals surface area contributed by atoms with E-state index in [4.69, 9.17) is 0 Å². The van der Waals surface area contributed by atoms with Gasteiger partial charge in [0, 0.05) is 21.4 Å². The SMILES string of the molecule is CC(C)(C)c1ccc2c(Br)cnc(Br)c2c1. The van der Waals surface area contributed by atoms with Gasteiger partial charge in [0.15, 0.2) is 0 Å². The molecule has 0 aliphatic rings. The second-order valence-corrected chi connectivity index (χ2v) is 6.51. The van der Waals surface area contributed by atoms with Gasteiger partial charge in [-0.15, -0.1) is 0 Å². The van der Waals surface area contributed by atoms with E-state index in [9.17, 15) is 0 Å². The molecular weight excluding hydrogens is 330 g/mol. The molecule has 0 saturated heterocycles. The lowest BCUT2D eigenvalue weighted by Crippen LogP contribution is -2.10. The maximum Gasteiger partial charge on any atom is 0.113 e. The molecule has 16 heavy (non-hydrogen) atoms. The van der Waals surface area contributed by atoms with Gasteiger partial charge in [0.2, 0.25) is 0 Å². The minimum absolute atomic E-state index is 0.163. The molecule has 0 spiro atoms. The molecule has 0 N–H and O–H groups in total. The highest BCUT2D eigenvalue weighted by Crippen LogP contribution is 2.32. The Hall–Kier alpha value is -0.410. The van der Waals surface area contributed by atoms with E-state index >= 15 is 0 Å². The van der Waals surface area contributed by atoms with Crippen molar-refractivity contribution in [2.75, 3.05) is 0 Å². The van der Waals surface area contributed by atoms with Crippen LogP contribution in [0.15, 0.2) is 33.5 Å². The topological polar surface area (TPSA) is 12.9 Å². The molecule has 0 aliphatic carbocycles. The molecule has 0 aliphatic heterocycles. The summed E-state index contributed by atoms with van der Waals surface area (Å²) in [4.78, 5) is 4.30. The van der Waals surface area contributed by atoms with E-state index in [0.717, 1.165) is 14.5 Å². The van der Waals surface area contributed by atoms with E-state index in [-0.39, 0.29) is 5.41 Å². The molecule has 0 bridgehead atoms. The molecule has 0 fully saturated rings. The van der Waals surface area contributed by atoms with Crippen molar-refractivity contribution in [2.24, 2.45) is 0 Å². The fourth-order valence-corrected chi connectivity index (χ4v) is 2.52. The van der Waals surface area contributed by atoms with Gasteiger partial charge in [-0.25, -0.2) is 4.98 Å². The van der Waals surface area contributed by atoms with Gasteiger partial charge in [0.25, 0.3) is 0 Å². The summed E-state index contributed by atoms with van der Waals surface area (Å²) in [6.07, 6.45) is 1.82. The minimum atomic E-state index is 0.163. The van der Waals surface area contributed by atoms with Crippen molar-refractivity contribution in [2.45, 2.75) is 26.2 Å². The summed E-state index contributed by atoms with van der Waals surface area (Å²) in [5.74, 6) is 0. The number of hydrogen-bond donors (Lipinski definition) is 0. The van der Waals surface area contributed by atoms with Crippen LogP contribution in [0.3, 0.4) is 0 Å². The number of nitrogens with zero attached hydrogens (tertiary/aromatic N) is 1. The Morgan fingerprint density at radius 1 is 1.06 bits per heavy atom. The van der Waals surface area contributed by atoms with Gasteiger partial charge >= 0.3 is 0 Å². The standard InChI is InChI=1S/C13H13Br2N/c1-13(2,3)8-4-5-9-10(6-8)12(15)16-7-11(9)14/h4-7H,1-3H3. The van der Waals surface area contributed by atoms with Gasteiger partial charge in [0.1, 0.15) is 4.60 Å². The van der Waals surface area contributed by atoms with Crippen LogP contribution in [0.5, 0.6) is 0 Å². The second-order valence-electron chi connectivity index (χ2n) is 4.91. The monoisotopic (exact) mass is 341 g/mol. The van der Waals surface area contributed by atoms with Crippen molar-refractivity contribution in [3.8, 4) is 0 Å². The summed E-state index contributed by atoms with van der Waals surface area (Å²) in [5.41, 5.74) is 1.48. The Balaban J connectivity index is 2.76. The molecule has 0 amide bonds. The maximum atomic E-state index is 4.30. The third-order valence-corrected chi connectivity index (χ3v) is 3.92. The molecule has 3 heteroatoms. The third-order valence-electron chi connectivity index (χ3n) is 2.66. The van der Waals surface area contributed by atoms with Crippen LogP contribution in [0.25, 0.3) is 10.8 Å². The number of halogens is 2. The molecule has 0 radical (unpaired) electrons. The van der Waals surface area contributed by atoms with Crippen LogP contribution >= 0.6 is 31.9 Å². The molecule has 1 heterocycles. The molecule has 0 unspecified atom stereocenters. The Morgan fingerprint density at radius 3 is 2.38 bits per heavy atom. The van der Waals surface area contributed by atoms with E-state index < -0.39 is 0 Å². The Kier molecular flexibility index (Phi) is 3.10. The average molecular weight is 343 g/mol. The van der Waals surface area contributed by atoms with E-state index in [1.165, 1.54) is 10.9 Å². The molecule has 0 saturated carbocycles. The normalized spacial score (nSPS) is 12.1. The fourth-order valence-electron chi connectivity index (χ4n) is 1.64. The Bertz CT molecular complexity index is 541. The van der Waals surface area contributed by atoms with Gasteiger partial charge in [-0.2, -0.15) is 0 Å². The Morgan fingerprint density at radius 2 is 1.75 bits per heavy atom. The second kappa shape index (κ2) is 4.11. The first kappa shape index (κ1) is 12.1. The van der Waals surface area contributed by atoms with Crippen LogP contribution < -0.4 is 0 Å². The van der Waals surface area contributed by atoms with E-state index in [2.05, 4.69) is 75.8 Å². The summed E-state index contributed by atoms with van der Waals surface area (Å²) in [6.45, 7) is 6.65. The molecule has 2 rings (SSSR count). The number of benzene rings is 1. The highest BCUT2D eigenvalue weighted by Gasteiger charge is 2.15. The lowest BCUT2D eigenvalue weighted by atomic mass is 9.86. The zero-order chi connectivity index (χ0) is 11.9. The summed E-state index contributed by atoms with van der Waals surface area (Å²) in [5, 5.41) is 2.34.